The SMILES string of the molecule is CCN1CCN(C(=O)c2cc(C(=O)Nc3ccc(Cl)cc3C)ccn2)CC1. The molecule has 6 nitrogen and oxygen atoms in total. The summed E-state index contributed by atoms with van der Waals surface area (Å²) in [5.74, 6) is -0.421. The third-order valence-electron chi connectivity index (χ3n) is 4.78. The van der Waals surface area contributed by atoms with Crippen molar-refractivity contribution in [2.45, 2.75) is 13.8 Å². The zero-order valence-corrected chi connectivity index (χ0v) is 16.3. The Labute approximate surface area is 164 Å². The normalized spacial score (nSPS) is 14.9. The van der Waals surface area contributed by atoms with Gasteiger partial charge in [-0.25, -0.2) is 0 Å². The molecule has 0 atom stereocenters. The van der Waals surface area contributed by atoms with Crippen molar-refractivity contribution in [3.05, 3.63) is 58.4 Å². The van der Waals surface area contributed by atoms with Crippen LogP contribution in [0.1, 0.15) is 33.3 Å². The number of rotatable bonds is 4. The van der Waals surface area contributed by atoms with E-state index in [1.165, 1.54) is 6.20 Å². The molecule has 7 heteroatoms. The highest BCUT2D eigenvalue weighted by molar-refractivity contribution is 6.30. The van der Waals surface area contributed by atoms with Crippen LogP contribution in [0.25, 0.3) is 0 Å². The summed E-state index contributed by atoms with van der Waals surface area (Å²) in [4.78, 5) is 33.6. The molecule has 1 aliphatic rings. The minimum absolute atomic E-state index is 0.136. The van der Waals surface area contributed by atoms with E-state index in [0.29, 0.717) is 35.1 Å². The van der Waals surface area contributed by atoms with Crippen molar-refractivity contribution in [1.29, 1.82) is 0 Å². The van der Waals surface area contributed by atoms with Gasteiger partial charge in [0.25, 0.3) is 11.8 Å². The van der Waals surface area contributed by atoms with Crippen LogP contribution in [0.4, 0.5) is 5.69 Å². The van der Waals surface area contributed by atoms with Crippen LogP contribution < -0.4 is 5.32 Å². The Hall–Kier alpha value is -2.44. The first kappa shape index (κ1) is 19.3. The third kappa shape index (κ3) is 4.64. The number of likely N-dealkylation sites (N-methyl/N-ethyl adjacent to an activating group) is 1. The van der Waals surface area contributed by atoms with Gasteiger partial charge in [0.05, 0.1) is 0 Å². The van der Waals surface area contributed by atoms with Crippen LogP contribution in [0.15, 0.2) is 36.5 Å². The second-order valence-corrected chi connectivity index (χ2v) is 7.01. The molecule has 3 rings (SSSR count). The Morgan fingerprint density at radius 3 is 2.56 bits per heavy atom. The predicted molar refractivity (Wildman–Crippen MR) is 106 cm³/mol. The number of piperazine rings is 1. The van der Waals surface area contributed by atoms with Gasteiger partial charge in [-0.15, -0.1) is 0 Å². The number of nitrogens with zero attached hydrogens (tertiary/aromatic N) is 3. The fraction of sp³-hybridized carbons (Fsp3) is 0.350. The molecular weight excluding hydrogens is 364 g/mol. The van der Waals surface area contributed by atoms with Crippen molar-refractivity contribution in [3.8, 4) is 0 Å². The Balaban J connectivity index is 1.71. The number of carbonyl (C=O) groups excluding carboxylic acids is 2. The van der Waals surface area contributed by atoms with Gasteiger partial charge in [-0.1, -0.05) is 18.5 Å². The van der Waals surface area contributed by atoms with Crippen LogP contribution in [0.2, 0.25) is 5.02 Å². The average molecular weight is 387 g/mol. The van der Waals surface area contributed by atoms with Crippen molar-refractivity contribution in [3.63, 3.8) is 0 Å². The number of hydrogen-bond donors (Lipinski definition) is 1. The van der Waals surface area contributed by atoms with Gasteiger partial charge in [-0.2, -0.15) is 0 Å². The lowest BCUT2D eigenvalue weighted by atomic mass is 10.1. The highest BCUT2D eigenvalue weighted by atomic mass is 35.5. The molecule has 27 heavy (non-hydrogen) atoms. The lowest BCUT2D eigenvalue weighted by Crippen LogP contribution is -2.48. The monoisotopic (exact) mass is 386 g/mol. The summed E-state index contributed by atoms with van der Waals surface area (Å²) < 4.78 is 0. The Morgan fingerprint density at radius 2 is 1.89 bits per heavy atom. The van der Waals surface area contributed by atoms with E-state index in [0.717, 1.165) is 25.2 Å². The van der Waals surface area contributed by atoms with E-state index in [4.69, 9.17) is 11.6 Å². The van der Waals surface area contributed by atoms with E-state index >= 15 is 0 Å². The second-order valence-electron chi connectivity index (χ2n) is 6.57. The molecule has 0 radical (unpaired) electrons. The van der Waals surface area contributed by atoms with Crippen LogP contribution in [-0.2, 0) is 0 Å². The maximum Gasteiger partial charge on any atom is 0.272 e. The number of hydrogen-bond acceptors (Lipinski definition) is 4. The highest BCUT2D eigenvalue weighted by Crippen LogP contribution is 2.20. The molecule has 2 heterocycles. The van der Waals surface area contributed by atoms with Gasteiger partial charge in [0.1, 0.15) is 5.69 Å². The topological polar surface area (TPSA) is 65.5 Å². The first-order chi connectivity index (χ1) is 13.0. The van der Waals surface area contributed by atoms with Crippen molar-refractivity contribution >= 4 is 29.1 Å². The standard InChI is InChI=1S/C20H23ClN4O2/c1-3-24-8-10-25(11-9-24)20(27)18-13-15(6-7-22-18)19(26)23-17-5-4-16(21)12-14(17)2/h4-7,12-13H,3,8-11H2,1-2H3,(H,23,26). The molecular formula is C20H23ClN4O2. The molecule has 0 unspecified atom stereocenters. The molecule has 1 aromatic heterocycles. The molecule has 1 saturated heterocycles. The summed E-state index contributed by atoms with van der Waals surface area (Å²) in [6, 6.07) is 8.42. The molecule has 0 spiro atoms. The van der Waals surface area contributed by atoms with Crippen LogP contribution in [0.3, 0.4) is 0 Å². The predicted octanol–water partition coefficient (Wildman–Crippen LogP) is 3.07. The molecule has 1 N–H and O–H groups in total. The minimum Gasteiger partial charge on any atom is -0.335 e. The number of aryl methyl sites for hydroxylation is 1. The highest BCUT2D eigenvalue weighted by Gasteiger charge is 2.23. The van der Waals surface area contributed by atoms with E-state index in [1.807, 2.05) is 6.92 Å². The van der Waals surface area contributed by atoms with E-state index in [2.05, 4.69) is 22.1 Å². The Morgan fingerprint density at radius 1 is 1.15 bits per heavy atom. The summed E-state index contributed by atoms with van der Waals surface area (Å²) in [6.07, 6.45) is 1.50. The molecule has 142 valence electrons. The average Bonchev–Trinajstić information content (AvgIpc) is 2.69. The first-order valence-electron chi connectivity index (χ1n) is 9.03. The second kappa shape index (κ2) is 8.50. The first-order valence-corrected chi connectivity index (χ1v) is 9.41. The maximum absolute atomic E-state index is 12.7. The van der Waals surface area contributed by atoms with E-state index in [-0.39, 0.29) is 11.8 Å². The molecule has 1 fully saturated rings. The van der Waals surface area contributed by atoms with Crippen molar-refractivity contribution in [2.24, 2.45) is 0 Å². The maximum atomic E-state index is 12.7. The summed E-state index contributed by atoms with van der Waals surface area (Å²) in [7, 11) is 0. The number of anilines is 1. The van der Waals surface area contributed by atoms with Gasteiger partial charge in [0.2, 0.25) is 0 Å². The Bertz CT molecular complexity index is 848. The quantitative estimate of drug-likeness (QED) is 0.877. The van der Waals surface area contributed by atoms with E-state index < -0.39 is 0 Å². The minimum atomic E-state index is -0.285. The van der Waals surface area contributed by atoms with Gasteiger partial charge in [-0.3, -0.25) is 14.6 Å². The fourth-order valence-electron chi connectivity index (χ4n) is 3.08. The van der Waals surface area contributed by atoms with Gasteiger partial charge in [-0.05, 0) is 49.4 Å². The molecule has 0 saturated carbocycles. The molecule has 0 bridgehead atoms. The number of halogens is 1. The van der Waals surface area contributed by atoms with Crippen molar-refractivity contribution < 1.29 is 9.59 Å². The zero-order chi connectivity index (χ0) is 19.4. The number of aromatic nitrogens is 1. The van der Waals surface area contributed by atoms with Gasteiger partial charge >= 0.3 is 0 Å². The molecule has 1 aliphatic heterocycles. The number of benzene rings is 1. The number of amides is 2. The Kier molecular flexibility index (Phi) is 6.08. The van der Waals surface area contributed by atoms with E-state index in [9.17, 15) is 9.59 Å². The summed E-state index contributed by atoms with van der Waals surface area (Å²) in [5, 5.41) is 3.47. The zero-order valence-electron chi connectivity index (χ0n) is 15.5. The molecule has 0 aliphatic carbocycles. The van der Waals surface area contributed by atoms with Crippen LogP contribution >= 0.6 is 11.6 Å². The van der Waals surface area contributed by atoms with Gasteiger partial charge in [0.15, 0.2) is 0 Å². The lowest BCUT2D eigenvalue weighted by Gasteiger charge is -2.33. The van der Waals surface area contributed by atoms with Gasteiger partial charge in [0, 0.05) is 48.6 Å². The number of carbonyl (C=O) groups is 2. The number of nitrogens with one attached hydrogen (secondary N) is 1. The molecule has 2 aromatic rings. The lowest BCUT2D eigenvalue weighted by molar-refractivity contribution is 0.0637. The summed E-state index contributed by atoms with van der Waals surface area (Å²) in [5.41, 5.74) is 2.25. The largest absolute Gasteiger partial charge is 0.335 e. The van der Waals surface area contributed by atoms with E-state index in [1.54, 1.807) is 35.2 Å². The number of pyridine rings is 1. The van der Waals surface area contributed by atoms with Crippen molar-refractivity contribution in [1.82, 2.24) is 14.8 Å². The van der Waals surface area contributed by atoms with Gasteiger partial charge < -0.3 is 15.1 Å². The fourth-order valence-corrected chi connectivity index (χ4v) is 3.31. The van der Waals surface area contributed by atoms with Crippen molar-refractivity contribution in [2.75, 3.05) is 38.0 Å². The smallest absolute Gasteiger partial charge is 0.272 e. The molecule has 2 amide bonds. The summed E-state index contributed by atoms with van der Waals surface area (Å²) >= 11 is 5.95. The van der Waals surface area contributed by atoms with Crippen LogP contribution in [0, 0.1) is 6.92 Å². The van der Waals surface area contributed by atoms with Crippen LogP contribution in [-0.4, -0.2) is 59.3 Å². The summed E-state index contributed by atoms with van der Waals surface area (Å²) in [6.45, 7) is 8.04. The van der Waals surface area contributed by atoms with Crippen LogP contribution in [0.5, 0.6) is 0 Å². The molecule has 1 aromatic carbocycles. The third-order valence-corrected chi connectivity index (χ3v) is 5.02.